The van der Waals surface area contributed by atoms with Crippen molar-refractivity contribution in [3.8, 4) is 0 Å². The Morgan fingerprint density at radius 3 is 2.00 bits per heavy atom. The second kappa shape index (κ2) is 8.02. The summed E-state index contributed by atoms with van der Waals surface area (Å²) >= 11 is 0. The van der Waals surface area contributed by atoms with Crippen LogP contribution in [0.5, 0.6) is 0 Å². The normalized spacial score (nSPS) is 11.6. The van der Waals surface area contributed by atoms with E-state index in [9.17, 15) is 0 Å². The first-order chi connectivity index (χ1) is 9.04. The summed E-state index contributed by atoms with van der Waals surface area (Å²) in [5.41, 5.74) is -0.0994. The Balaban J connectivity index is 2.20. The smallest absolute Gasteiger partial charge is 0.262 e. The Labute approximate surface area is 116 Å². The predicted molar refractivity (Wildman–Crippen MR) is 78.2 cm³/mol. The molecule has 0 bridgehead atoms. The summed E-state index contributed by atoms with van der Waals surface area (Å²) in [4.78, 5) is 0. The summed E-state index contributed by atoms with van der Waals surface area (Å²) in [6.45, 7) is 9.28. The Kier molecular flexibility index (Phi) is 6.67. The average Bonchev–Trinajstić information content (AvgIpc) is 2.37. The van der Waals surface area contributed by atoms with Gasteiger partial charge in [0.05, 0.1) is 0 Å². The highest BCUT2D eigenvalue weighted by atomic mass is 15.3. The molecule has 0 saturated heterocycles. The number of aromatic nitrogens is 4. The third kappa shape index (κ3) is 6.45. The molecule has 0 spiro atoms. The highest BCUT2D eigenvalue weighted by Crippen LogP contribution is 2.15. The average molecular weight is 265 g/mol. The van der Waals surface area contributed by atoms with Gasteiger partial charge in [-0.2, -0.15) is 0 Å². The molecule has 1 aromatic heterocycles. The third-order valence-electron chi connectivity index (χ3n) is 2.96. The van der Waals surface area contributed by atoms with Crippen molar-refractivity contribution in [2.24, 2.45) is 0 Å². The van der Waals surface area contributed by atoms with Gasteiger partial charge in [0.15, 0.2) is 5.82 Å². The Bertz CT molecular complexity index is 342. The summed E-state index contributed by atoms with van der Waals surface area (Å²) in [5.74, 6) is 1.21. The molecule has 1 heterocycles. The van der Waals surface area contributed by atoms with E-state index in [0.717, 1.165) is 13.0 Å². The lowest BCUT2D eigenvalue weighted by molar-refractivity contribution is 0.519. The molecule has 0 saturated carbocycles. The second-order valence-corrected chi connectivity index (χ2v) is 5.99. The molecule has 0 aliphatic carbocycles. The van der Waals surface area contributed by atoms with Crippen LogP contribution < -0.4 is 5.32 Å². The molecule has 0 aliphatic heterocycles. The van der Waals surface area contributed by atoms with Gasteiger partial charge in [-0.3, -0.25) is 0 Å². The van der Waals surface area contributed by atoms with Crippen LogP contribution in [-0.4, -0.2) is 26.9 Å². The zero-order valence-electron chi connectivity index (χ0n) is 12.7. The van der Waals surface area contributed by atoms with Crippen molar-refractivity contribution in [2.45, 2.75) is 71.6 Å². The van der Waals surface area contributed by atoms with Crippen molar-refractivity contribution in [2.75, 3.05) is 11.9 Å². The molecule has 0 radical (unpaired) electrons. The number of hydrogen-bond donors (Lipinski definition) is 1. The van der Waals surface area contributed by atoms with Crippen molar-refractivity contribution in [1.29, 1.82) is 0 Å². The first kappa shape index (κ1) is 15.8. The van der Waals surface area contributed by atoms with Gasteiger partial charge >= 0.3 is 0 Å². The van der Waals surface area contributed by atoms with Gasteiger partial charge in [-0.1, -0.05) is 59.8 Å². The van der Waals surface area contributed by atoms with Gasteiger partial charge in [-0.05, 0) is 6.42 Å². The zero-order valence-corrected chi connectivity index (χ0v) is 12.7. The Morgan fingerprint density at radius 1 is 0.842 bits per heavy atom. The quantitative estimate of drug-likeness (QED) is 0.730. The molecule has 0 amide bonds. The van der Waals surface area contributed by atoms with E-state index in [1.807, 2.05) is 0 Å². The largest absolute Gasteiger partial charge is 0.352 e. The maximum atomic E-state index is 4.10. The van der Waals surface area contributed by atoms with E-state index >= 15 is 0 Å². The molecule has 5 heteroatoms. The van der Waals surface area contributed by atoms with Crippen LogP contribution in [-0.2, 0) is 5.41 Å². The number of unbranched alkanes of at least 4 members (excludes halogenated alkanes) is 5. The lowest BCUT2D eigenvalue weighted by Gasteiger charge is -2.14. The molecule has 1 rings (SSSR count). The van der Waals surface area contributed by atoms with E-state index in [4.69, 9.17) is 0 Å². The summed E-state index contributed by atoms with van der Waals surface area (Å²) in [7, 11) is 0. The molecule has 0 aromatic carbocycles. The van der Waals surface area contributed by atoms with Gasteiger partial charge in [0.2, 0.25) is 0 Å². The molecular formula is C14H27N5. The number of hydrogen-bond acceptors (Lipinski definition) is 5. The highest BCUT2D eigenvalue weighted by molar-refractivity contribution is 5.19. The lowest BCUT2D eigenvalue weighted by Crippen LogP contribution is -2.19. The van der Waals surface area contributed by atoms with Gasteiger partial charge in [-0.25, -0.2) is 0 Å². The molecule has 1 N–H and O–H groups in total. The maximum absolute atomic E-state index is 4.10. The Morgan fingerprint density at radius 2 is 1.42 bits per heavy atom. The predicted octanol–water partition coefficient (Wildman–Crippen LogP) is 3.34. The molecular weight excluding hydrogens is 238 g/mol. The maximum Gasteiger partial charge on any atom is 0.262 e. The van der Waals surface area contributed by atoms with Gasteiger partial charge in [0.1, 0.15) is 0 Å². The number of nitrogens with zero attached hydrogens (tertiary/aromatic N) is 4. The van der Waals surface area contributed by atoms with Crippen molar-refractivity contribution in [1.82, 2.24) is 20.4 Å². The topological polar surface area (TPSA) is 63.6 Å². The van der Waals surface area contributed by atoms with Crippen molar-refractivity contribution < 1.29 is 0 Å². The standard InChI is InChI=1S/C14H27N5/c1-5-6-7-8-9-10-11-15-13-18-16-12(17-19-13)14(2,3)4/h5-11H2,1-4H3,(H,15,18,19). The fraction of sp³-hybridized carbons (Fsp3) is 0.857. The van der Waals surface area contributed by atoms with Crippen LogP contribution in [0, 0.1) is 0 Å². The molecule has 0 unspecified atom stereocenters. The zero-order chi connectivity index (χ0) is 14.1. The van der Waals surface area contributed by atoms with Crippen LogP contribution in [0.25, 0.3) is 0 Å². The monoisotopic (exact) mass is 265 g/mol. The minimum atomic E-state index is -0.0994. The minimum absolute atomic E-state index is 0.0994. The molecule has 108 valence electrons. The molecule has 0 atom stereocenters. The van der Waals surface area contributed by atoms with Crippen molar-refractivity contribution in [3.05, 3.63) is 5.82 Å². The third-order valence-corrected chi connectivity index (χ3v) is 2.96. The first-order valence-corrected chi connectivity index (χ1v) is 7.36. The van der Waals surface area contributed by atoms with Crippen LogP contribution in [0.1, 0.15) is 72.0 Å². The molecule has 5 nitrogen and oxygen atoms in total. The van der Waals surface area contributed by atoms with E-state index < -0.39 is 0 Å². The summed E-state index contributed by atoms with van der Waals surface area (Å²) in [6.07, 6.45) is 7.70. The number of nitrogens with one attached hydrogen (secondary N) is 1. The van der Waals surface area contributed by atoms with Crippen molar-refractivity contribution in [3.63, 3.8) is 0 Å². The second-order valence-electron chi connectivity index (χ2n) is 5.99. The molecule has 1 aromatic rings. The van der Waals surface area contributed by atoms with Crippen LogP contribution in [0.2, 0.25) is 0 Å². The summed E-state index contributed by atoms with van der Waals surface area (Å²) in [6, 6.07) is 0. The first-order valence-electron chi connectivity index (χ1n) is 7.36. The van der Waals surface area contributed by atoms with Gasteiger partial charge < -0.3 is 5.32 Å². The Hall–Kier alpha value is -1.26. The lowest BCUT2D eigenvalue weighted by atomic mass is 9.96. The fourth-order valence-electron chi connectivity index (χ4n) is 1.71. The summed E-state index contributed by atoms with van der Waals surface area (Å²) in [5, 5.41) is 19.5. The van der Waals surface area contributed by atoms with Crippen molar-refractivity contribution >= 4 is 5.95 Å². The van der Waals surface area contributed by atoms with Crippen LogP contribution >= 0.6 is 0 Å². The fourth-order valence-corrected chi connectivity index (χ4v) is 1.71. The van der Waals surface area contributed by atoms with E-state index in [1.54, 1.807) is 0 Å². The summed E-state index contributed by atoms with van der Waals surface area (Å²) < 4.78 is 0. The van der Waals surface area contributed by atoms with Crippen LogP contribution in [0.4, 0.5) is 5.95 Å². The van der Waals surface area contributed by atoms with Gasteiger partial charge in [0.25, 0.3) is 5.95 Å². The molecule has 0 aliphatic rings. The number of anilines is 1. The van der Waals surface area contributed by atoms with Crippen LogP contribution in [0.3, 0.4) is 0 Å². The minimum Gasteiger partial charge on any atom is -0.352 e. The van der Waals surface area contributed by atoms with Crippen LogP contribution in [0.15, 0.2) is 0 Å². The highest BCUT2D eigenvalue weighted by Gasteiger charge is 2.18. The number of rotatable bonds is 8. The van der Waals surface area contributed by atoms with E-state index in [-0.39, 0.29) is 5.41 Å². The SMILES string of the molecule is CCCCCCCCNc1nnc(C(C)(C)C)nn1. The van der Waals surface area contributed by atoms with E-state index in [1.165, 1.54) is 32.1 Å². The van der Waals surface area contributed by atoms with Gasteiger partial charge in [-0.15, -0.1) is 20.4 Å². The van der Waals surface area contributed by atoms with Gasteiger partial charge in [0, 0.05) is 12.0 Å². The van der Waals surface area contributed by atoms with E-state index in [2.05, 4.69) is 53.4 Å². The molecule has 0 fully saturated rings. The molecule has 19 heavy (non-hydrogen) atoms. The van der Waals surface area contributed by atoms with E-state index in [0.29, 0.717) is 11.8 Å².